The second-order valence-electron chi connectivity index (χ2n) is 6.25. The van der Waals surface area contributed by atoms with Gasteiger partial charge < -0.3 is 15.7 Å². The summed E-state index contributed by atoms with van der Waals surface area (Å²) in [5.74, 6) is 0.299. The van der Waals surface area contributed by atoms with Crippen LogP contribution in [0, 0.1) is 5.92 Å². The summed E-state index contributed by atoms with van der Waals surface area (Å²) in [6.45, 7) is 0.925. The number of nitrogens with one attached hydrogen (secondary N) is 2. The third kappa shape index (κ3) is 3.27. The van der Waals surface area contributed by atoms with Crippen LogP contribution in [0.4, 0.5) is 0 Å². The first kappa shape index (κ1) is 14.5. The molecule has 1 aliphatic carbocycles. The first-order valence-corrected chi connectivity index (χ1v) is 7.99. The molecule has 0 spiro atoms. The molecule has 0 bridgehead atoms. The molecule has 1 aromatic carbocycles. The Labute approximate surface area is 125 Å². The first-order chi connectivity index (χ1) is 10.3. The maximum Gasteiger partial charge on any atom is 0.237 e. The quantitative estimate of drug-likeness (QED) is 0.787. The number of benzene rings is 1. The summed E-state index contributed by atoms with van der Waals surface area (Å²) in [7, 11) is 0. The molecule has 3 atom stereocenters. The van der Waals surface area contributed by atoms with Crippen LogP contribution in [-0.2, 0) is 17.8 Å². The van der Waals surface area contributed by atoms with Crippen LogP contribution in [0.15, 0.2) is 24.3 Å². The van der Waals surface area contributed by atoms with E-state index in [0.717, 1.165) is 38.6 Å². The molecule has 3 N–H and O–H groups in total. The predicted octanol–water partition coefficient (Wildman–Crippen LogP) is 1.37. The second-order valence-corrected chi connectivity index (χ2v) is 6.25. The van der Waals surface area contributed by atoms with Crippen molar-refractivity contribution in [3.05, 3.63) is 35.4 Å². The van der Waals surface area contributed by atoms with E-state index in [4.69, 9.17) is 0 Å². The summed E-state index contributed by atoms with van der Waals surface area (Å²) in [4.78, 5) is 12.5. The van der Waals surface area contributed by atoms with Gasteiger partial charge in [-0.05, 0) is 30.4 Å². The van der Waals surface area contributed by atoms with E-state index in [9.17, 15) is 9.90 Å². The summed E-state index contributed by atoms with van der Waals surface area (Å²) in [5.41, 5.74) is 2.55. The summed E-state index contributed by atoms with van der Waals surface area (Å²) in [6, 6.07) is 8.26. The highest BCUT2D eigenvalue weighted by molar-refractivity contribution is 5.82. The lowest BCUT2D eigenvalue weighted by atomic mass is 9.84. The molecule has 0 radical (unpaired) electrons. The van der Waals surface area contributed by atoms with Crippen LogP contribution < -0.4 is 10.6 Å². The van der Waals surface area contributed by atoms with Crippen LogP contribution >= 0.6 is 0 Å². The number of rotatable bonds is 3. The molecule has 2 aliphatic rings. The van der Waals surface area contributed by atoms with Crippen LogP contribution in [0.25, 0.3) is 0 Å². The number of hydrogen-bond donors (Lipinski definition) is 3. The van der Waals surface area contributed by atoms with Crippen LogP contribution in [-0.4, -0.2) is 29.7 Å². The first-order valence-electron chi connectivity index (χ1n) is 7.99. The minimum absolute atomic E-state index is 0.0786. The number of carbonyl (C=O) groups excluding carboxylic acids is 1. The summed E-state index contributed by atoms with van der Waals surface area (Å²) in [6.07, 6.45) is 5.05. The Morgan fingerprint density at radius 1 is 1.24 bits per heavy atom. The number of carbonyl (C=O) groups is 1. The van der Waals surface area contributed by atoms with Gasteiger partial charge in [0.1, 0.15) is 0 Å². The topological polar surface area (TPSA) is 61.4 Å². The largest absolute Gasteiger partial charge is 0.396 e. The molecule has 2 unspecified atom stereocenters. The van der Waals surface area contributed by atoms with Gasteiger partial charge in [-0.25, -0.2) is 0 Å². The lowest BCUT2D eigenvalue weighted by Gasteiger charge is -2.33. The number of amides is 1. The van der Waals surface area contributed by atoms with Crippen molar-refractivity contribution in [3.63, 3.8) is 0 Å². The van der Waals surface area contributed by atoms with Gasteiger partial charge in [0.25, 0.3) is 0 Å². The summed E-state index contributed by atoms with van der Waals surface area (Å²) in [5, 5.41) is 15.9. The van der Waals surface area contributed by atoms with Crippen LogP contribution in [0.5, 0.6) is 0 Å². The van der Waals surface area contributed by atoms with Gasteiger partial charge in [-0.1, -0.05) is 37.1 Å². The number of aliphatic hydroxyl groups excluding tert-OH is 1. The van der Waals surface area contributed by atoms with Crippen LogP contribution in [0.3, 0.4) is 0 Å². The van der Waals surface area contributed by atoms with E-state index in [1.54, 1.807) is 0 Å². The van der Waals surface area contributed by atoms with E-state index < -0.39 is 0 Å². The molecule has 4 heteroatoms. The van der Waals surface area contributed by atoms with Crippen molar-refractivity contribution in [3.8, 4) is 0 Å². The average Bonchev–Trinajstić information content (AvgIpc) is 2.55. The van der Waals surface area contributed by atoms with Crippen molar-refractivity contribution < 1.29 is 9.90 Å². The smallest absolute Gasteiger partial charge is 0.237 e. The Morgan fingerprint density at radius 3 is 2.81 bits per heavy atom. The highest BCUT2D eigenvalue weighted by atomic mass is 16.3. The SMILES string of the molecule is O=C(NC1CCCCC1CO)[C@@H]1Cc2ccccc2CN1. The molecule has 114 valence electrons. The molecule has 3 rings (SSSR count). The maximum atomic E-state index is 12.5. The van der Waals surface area contributed by atoms with E-state index in [-0.39, 0.29) is 30.5 Å². The van der Waals surface area contributed by atoms with Gasteiger partial charge in [0.05, 0.1) is 6.04 Å². The molecule has 0 saturated heterocycles. The number of hydrogen-bond acceptors (Lipinski definition) is 3. The fourth-order valence-electron chi connectivity index (χ4n) is 3.54. The van der Waals surface area contributed by atoms with Gasteiger partial charge >= 0.3 is 0 Å². The number of fused-ring (bicyclic) bond motifs is 1. The summed E-state index contributed by atoms with van der Waals surface area (Å²) >= 11 is 0. The Bertz CT molecular complexity index is 503. The monoisotopic (exact) mass is 288 g/mol. The van der Waals surface area contributed by atoms with Crippen molar-refractivity contribution in [2.24, 2.45) is 5.92 Å². The average molecular weight is 288 g/mol. The normalized spacial score (nSPS) is 28.7. The fourth-order valence-corrected chi connectivity index (χ4v) is 3.54. The zero-order chi connectivity index (χ0) is 14.7. The molecule has 1 amide bonds. The minimum atomic E-state index is -0.152. The van der Waals surface area contributed by atoms with Crippen molar-refractivity contribution >= 4 is 5.91 Å². The van der Waals surface area contributed by atoms with Crippen LogP contribution in [0.1, 0.15) is 36.8 Å². The molecule has 0 aromatic heterocycles. The Balaban J connectivity index is 1.61. The van der Waals surface area contributed by atoms with Gasteiger partial charge in [-0.15, -0.1) is 0 Å². The highest BCUT2D eigenvalue weighted by Gasteiger charge is 2.30. The van der Waals surface area contributed by atoms with E-state index in [1.165, 1.54) is 11.1 Å². The minimum Gasteiger partial charge on any atom is -0.396 e. The summed E-state index contributed by atoms with van der Waals surface area (Å²) < 4.78 is 0. The molecule has 21 heavy (non-hydrogen) atoms. The zero-order valence-electron chi connectivity index (χ0n) is 12.3. The molecule has 1 heterocycles. The van der Waals surface area contributed by atoms with Crippen molar-refractivity contribution in [1.82, 2.24) is 10.6 Å². The van der Waals surface area contributed by atoms with Crippen molar-refractivity contribution in [1.29, 1.82) is 0 Å². The maximum absolute atomic E-state index is 12.5. The Morgan fingerprint density at radius 2 is 2.00 bits per heavy atom. The molecule has 1 saturated carbocycles. The lowest BCUT2D eigenvalue weighted by molar-refractivity contribution is -0.124. The van der Waals surface area contributed by atoms with E-state index >= 15 is 0 Å². The van der Waals surface area contributed by atoms with Crippen molar-refractivity contribution in [2.75, 3.05) is 6.61 Å². The van der Waals surface area contributed by atoms with Crippen molar-refractivity contribution in [2.45, 2.75) is 50.7 Å². The number of aliphatic hydroxyl groups is 1. The molecule has 1 fully saturated rings. The molecule has 4 nitrogen and oxygen atoms in total. The van der Waals surface area contributed by atoms with Crippen LogP contribution in [0.2, 0.25) is 0 Å². The molecule has 1 aromatic rings. The van der Waals surface area contributed by atoms with Gasteiger partial charge in [0.15, 0.2) is 0 Å². The Hall–Kier alpha value is -1.39. The molecule has 1 aliphatic heterocycles. The third-order valence-corrected chi connectivity index (χ3v) is 4.87. The van der Waals surface area contributed by atoms with Gasteiger partial charge in [-0.3, -0.25) is 4.79 Å². The van der Waals surface area contributed by atoms with Gasteiger partial charge in [0.2, 0.25) is 5.91 Å². The molecular weight excluding hydrogens is 264 g/mol. The van der Waals surface area contributed by atoms with E-state index in [2.05, 4.69) is 22.8 Å². The van der Waals surface area contributed by atoms with E-state index in [0.29, 0.717) is 0 Å². The van der Waals surface area contributed by atoms with Gasteiger partial charge in [-0.2, -0.15) is 0 Å². The second kappa shape index (κ2) is 6.58. The standard InChI is InChI=1S/C17H24N2O2/c20-11-14-7-3-4-8-15(14)19-17(21)16-9-12-5-1-2-6-13(12)10-18-16/h1-2,5-6,14-16,18,20H,3-4,7-11H2,(H,19,21)/t14?,15?,16-/m0/s1. The highest BCUT2D eigenvalue weighted by Crippen LogP contribution is 2.24. The predicted molar refractivity (Wildman–Crippen MR) is 81.7 cm³/mol. The van der Waals surface area contributed by atoms with E-state index in [1.807, 2.05) is 12.1 Å². The molecular formula is C17H24N2O2. The Kier molecular flexibility index (Phi) is 4.56. The van der Waals surface area contributed by atoms with Gasteiger partial charge in [0, 0.05) is 25.1 Å². The fraction of sp³-hybridized carbons (Fsp3) is 0.588. The third-order valence-electron chi connectivity index (χ3n) is 4.87. The zero-order valence-corrected chi connectivity index (χ0v) is 12.3. The lowest BCUT2D eigenvalue weighted by Crippen LogP contribution is -2.53.